The highest BCUT2D eigenvalue weighted by molar-refractivity contribution is 4.77. The standard InChI is InChI=1S/C6H12FNO.C2H6/c1-8-6-2-3-9-4-5(6)7;1-2/h5-6,8H,2-4H2,1H3;1-2H3. The van der Waals surface area contributed by atoms with Gasteiger partial charge in [-0.1, -0.05) is 13.8 Å². The first-order valence-electron chi connectivity index (χ1n) is 4.23. The molecular formula is C8H18FNO. The van der Waals surface area contributed by atoms with Crippen molar-refractivity contribution >= 4 is 0 Å². The Kier molecular flexibility index (Phi) is 6.46. The topological polar surface area (TPSA) is 21.3 Å². The lowest BCUT2D eigenvalue weighted by Gasteiger charge is -2.25. The van der Waals surface area contributed by atoms with Gasteiger partial charge in [-0.15, -0.1) is 0 Å². The third-order valence-electron chi connectivity index (χ3n) is 1.66. The Labute approximate surface area is 68.1 Å². The second-order valence-corrected chi connectivity index (χ2v) is 2.27. The van der Waals surface area contributed by atoms with Crippen LogP contribution in [-0.4, -0.2) is 32.5 Å². The highest BCUT2D eigenvalue weighted by atomic mass is 19.1. The van der Waals surface area contributed by atoms with Gasteiger partial charge in [-0.3, -0.25) is 0 Å². The Morgan fingerprint density at radius 2 is 2.09 bits per heavy atom. The molecule has 0 bridgehead atoms. The smallest absolute Gasteiger partial charge is 0.139 e. The maximum absolute atomic E-state index is 12.7. The van der Waals surface area contributed by atoms with E-state index < -0.39 is 6.17 Å². The van der Waals surface area contributed by atoms with Gasteiger partial charge in [0.2, 0.25) is 0 Å². The lowest BCUT2D eigenvalue weighted by atomic mass is 10.1. The summed E-state index contributed by atoms with van der Waals surface area (Å²) in [5.41, 5.74) is 0. The van der Waals surface area contributed by atoms with Crippen molar-refractivity contribution in [1.29, 1.82) is 0 Å². The molecule has 1 aliphatic heterocycles. The summed E-state index contributed by atoms with van der Waals surface area (Å²) < 4.78 is 17.6. The molecule has 0 amide bonds. The third kappa shape index (κ3) is 3.68. The van der Waals surface area contributed by atoms with E-state index >= 15 is 0 Å². The Morgan fingerprint density at radius 1 is 1.45 bits per heavy atom. The SMILES string of the molecule is CC.CNC1CCOCC1F. The summed E-state index contributed by atoms with van der Waals surface area (Å²) in [5, 5.41) is 2.90. The van der Waals surface area contributed by atoms with Crippen LogP contribution in [0.2, 0.25) is 0 Å². The van der Waals surface area contributed by atoms with Gasteiger partial charge in [0, 0.05) is 12.6 Å². The molecule has 0 aromatic carbocycles. The fourth-order valence-electron chi connectivity index (χ4n) is 1.03. The van der Waals surface area contributed by atoms with E-state index in [4.69, 9.17) is 4.74 Å². The van der Waals surface area contributed by atoms with Crippen LogP contribution in [0.25, 0.3) is 0 Å². The molecule has 0 aliphatic carbocycles. The molecule has 2 nitrogen and oxygen atoms in total. The maximum Gasteiger partial charge on any atom is 0.139 e. The minimum Gasteiger partial charge on any atom is -0.378 e. The van der Waals surface area contributed by atoms with Crippen LogP contribution in [0.3, 0.4) is 0 Å². The van der Waals surface area contributed by atoms with Crippen molar-refractivity contribution in [2.24, 2.45) is 0 Å². The summed E-state index contributed by atoms with van der Waals surface area (Å²) in [6.45, 7) is 4.94. The van der Waals surface area contributed by atoms with Gasteiger partial charge in [-0.05, 0) is 13.5 Å². The van der Waals surface area contributed by atoms with Crippen molar-refractivity contribution < 1.29 is 9.13 Å². The second-order valence-electron chi connectivity index (χ2n) is 2.27. The summed E-state index contributed by atoms with van der Waals surface area (Å²) in [6.07, 6.45) is -0.0266. The highest BCUT2D eigenvalue weighted by Crippen LogP contribution is 2.09. The summed E-state index contributed by atoms with van der Waals surface area (Å²) in [7, 11) is 1.78. The molecule has 0 aromatic rings. The summed E-state index contributed by atoms with van der Waals surface area (Å²) in [5.74, 6) is 0. The maximum atomic E-state index is 12.7. The molecule has 1 fully saturated rings. The van der Waals surface area contributed by atoms with Crippen molar-refractivity contribution in [3.8, 4) is 0 Å². The zero-order valence-corrected chi connectivity index (χ0v) is 7.56. The van der Waals surface area contributed by atoms with Crippen LogP contribution >= 0.6 is 0 Å². The molecule has 3 heteroatoms. The van der Waals surface area contributed by atoms with Crippen LogP contribution in [0.15, 0.2) is 0 Å². The molecule has 1 saturated heterocycles. The van der Waals surface area contributed by atoms with Crippen molar-refractivity contribution in [2.45, 2.75) is 32.5 Å². The van der Waals surface area contributed by atoms with Gasteiger partial charge in [-0.2, -0.15) is 0 Å². The Morgan fingerprint density at radius 3 is 2.45 bits per heavy atom. The molecule has 1 aliphatic rings. The average Bonchev–Trinajstić information content (AvgIpc) is 2.09. The lowest BCUT2D eigenvalue weighted by Crippen LogP contribution is -2.42. The fraction of sp³-hybridized carbons (Fsp3) is 1.00. The van der Waals surface area contributed by atoms with Crippen molar-refractivity contribution in [3.05, 3.63) is 0 Å². The van der Waals surface area contributed by atoms with Gasteiger partial charge < -0.3 is 10.1 Å². The number of nitrogens with one attached hydrogen (secondary N) is 1. The first kappa shape index (κ1) is 10.8. The van der Waals surface area contributed by atoms with Crippen LogP contribution in [0, 0.1) is 0 Å². The van der Waals surface area contributed by atoms with E-state index in [-0.39, 0.29) is 12.6 Å². The highest BCUT2D eigenvalue weighted by Gasteiger charge is 2.22. The molecule has 1 rings (SSSR count). The van der Waals surface area contributed by atoms with Crippen LogP contribution in [0.5, 0.6) is 0 Å². The van der Waals surface area contributed by atoms with Crippen LogP contribution in [0.1, 0.15) is 20.3 Å². The summed E-state index contributed by atoms with van der Waals surface area (Å²) in [6, 6.07) is 0.0127. The molecule has 11 heavy (non-hydrogen) atoms. The van der Waals surface area contributed by atoms with Gasteiger partial charge >= 0.3 is 0 Å². The molecule has 1 heterocycles. The minimum absolute atomic E-state index is 0.0127. The van der Waals surface area contributed by atoms with E-state index in [0.717, 1.165) is 6.42 Å². The van der Waals surface area contributed by atoms with Gasteiger partial charge in [0.25, 0.3) is 0 Å². The molecule has 0 radical (unpaired) electrons. The van der Waals surface area contributed by atoms with Crippen LogP contribution < -0.4 is 5.32 Å². The second kappa shape index (κ2) is 6.55. The van der Waals surface area contributed by atoms with Gasteiger partial charge in [-0.25, -0.2) is 4.39 Å². The number of alkyl halides is 1. The molecule has 2 unspecified atom stereocenters. The van der Waals surface area contributed by atoms with Crippen molar-refractivity contribution in [2.75, 3.05) is 20.3 Å². The van der Waals surface area contributed by atoms with E-state index in [1.165, 1.54) is 0 Å². The van der Waals surface area contributed by atoms with Gasteiger partial charge in [0.1, 0.15) is 6.17 Å². The Hall–Kier alpha value is -0.150. The number of hydrogen-bond acceptors (Lipinski definition) is 2. The predicted molar refractivity (Wildman–Crippen MR) is 44.5 cm³/mol. The van der Waals surface area contributed by atoms with E-state index in [0.29, 0.717) is 6.61 Å². The number of hydrogen-bond donors (Lipinski definition) is 1. The summed E-state index contributed by atoms with van der Waals surface area (Å²) in [4.78, 5) is 0. The van der Waals surface area contributed by atoms with Crippen LogP contribution in [-0.2, 0) is 4.74 Å². The molecule has 1 N–H and O–H groups in total. The molecular weight excluding hydrogens is 145 g/mol. The largest absolute Gasteiger partial charge is 0.378 e. The third-order valence-corrected chi connectivity index (χ3v) is 1.66. The average molecular weight is 163 g/mol. The zero-order valence-electron chi connectivity index (χ0n) is 7.56. The first-order chi connectivity index (χ1) is 5.34. The van der Waals surface area contributed by atoms with Crippen molar-refractivity contribution in [3.63, 3.8) is 0 Å². The van der Waals surface area contributed by atoms with Gasteiger partial charge in [0.15, 0.2) is 0 Å². The number of halogens is 1. The number of rotatable bonds is 1. The van der Waals surface area contributed by atoms with E-state index in [2.05, 4.69) is 5.32 Å². The van der Waals surface area contributed by atoms with E-state index in [9.17, 15) is 4.39 Å². The number of ether oxygens (including phenoxy) is 1. The monoisotopic (exact) mass is 163 g/mol. The normalized spacial score (nSPS) is 30.5. The van der Waals surface area contributed by atoms with E-state index in [1.54, 1.807) is 7.05 Å². The first-order valence-corrected chi connectivity index (χ1v) is 4.23. The molecule has 0 saturated carbocycles. The van der Waals surface area contributed by atoms with E-state index in [1.807, 2.05) is 13.8 Å². The molecule has 0 spiro atoms. The predicted octanol–water partition coefficient (Wildman–Crippen LogP) is 1.36. The zero-order chi connectivity index (χ0) is 8.69. The molecule has 0 aromatic heterocycles. The molecule has 68 valence electrons. The fourth-order valence-corrected chi connectivity index (χ4v) is 1.03. The van der Waals surface area contributed by atoms with Crippen LogP contribution in [0.4, 0.5) is 4.39 Å². The quantitative estimate of drug-likeness (QED) is 0.630. The lowest BCUT2D eigenvalue weighted by molar-refractivity contribution is 0.0160. The Bertz CT molecular complexity index is 90.2. The molecule has 2 atom stereocenters. The van der Waals surface area contributed by atoms with Gasteiger partial charge in [0.05, 0.1) is 6.61 Å². The minimum atomic E-state index is -0.816. The Balaban J connectivity index is 0.000000461. The van der Waals surface area contributed by atoms with Crippen molar-refractivity contribution in [1.82, 2.24) is 5.32 Å². The summed E-state index contributed by atoms with van der Waals surface area (Å²) >= 11 is 0.